The Morgan fingerprint density at radius 2 is 1.52 bits per heavy atom. The van der Waals surface area contributed by atoms with Crippen molar-refractivity contribution in [2.75, 3.05) is 18.6 Å². The van der Waals surface area contributed by atoms with E-state index in [2.05, 4.69) is 16.0 Å². The third kappa shape index (κ3) is 11.7. The highest BCUT2D eigenvalue weighted by atomic mass is 32.2. The highest BCUT2D eigenvalue weighted by Crippen LogP contribution is 2.11. The van der Waals surface area contributed by atoms with Crippen molar-refractivity contribution < 1.29 is 24.3 Å². The standard InChI is InChI=1S/C22H43N5O5S/c1-6-14(4)18(27-19(28)15(24)10-12-33-5)21(30)25-16(9-7-8-11-23)20(29)26-17(13(2)3)22(31)32/h13-18H,6-12,23-24H2,1-5H3,(H,25,30)(H,26,29)(H,27,28)(H,31,32). The molecule has 8 N–H and O–H groups in total. The molecule has 0 aromatic heterocycles. The molecule has 0 aliphatic rings. The van der Waals surface area contributed by atoms with Gasteiger partial charge in [-0.15, -0.1) is 0 Å². The minimum Gasteiger partial charge on any atom is -0.480 e. The maximum atomic E-state index is 13.1. The number of carboxylic acid groups (broad SMARTS) is 1. The predicted molar refractivity (Wildman–Crippen MR) is 132 cm³/mol. The van der Waals surface area contributed by atoms with Gasteiger partial charge >= 0.3 is 5.97 Å². The first-order chi connectivity index (χ1) is 15.5. The number of hydrogen-bond donors (Lipinski definition) is 6. The number of nitrogens with one attached hydrogen (secondary N) is 3. The molecule has 0 saturated carbocycles. The van der Waals surface area contributed by atoms with Crippen molar-refractivity contribution in [3.05, 3.63) is 0 Å². The van der Waals surface area contributed by atoms with Gasteiger partial charge in [-0.2, -0.15) is 11.8 Å². The van der Waals surface area contributed by atoms with Crippen LogP contribution in [-0.4, -0.2) is 71.5 Å². The van der Waals surface area contributed by atoms with E-state index in [0.717, 1.165) is 5.75 Å². The van der Waals surface area contributed by atoms with Gasteiger partial charge in [-0.25, -0.2) is 4.79 Å². The third-order valence-corrected chi connectivity index (χ3v) is 6.22. The van der Waals surface area contributed by atoms with Gasteiger partial charge in [0.25, 0.3) is 0 Å². The normalized spacial score (nSPS) is 15.8. The second-order valence-electron chi connectivity index (χ2n) is 8.67. The van der Waals surface area contributed by atoms with E-state index in [-0.39, 0.29) is 11.8 Å². The van der Waals surface area contributed by atoms with E-state index in [1.54, 1.807) is 25.6 Å². The second-order valence-corrected chi connectivity index (χ2v) is 9.66. The van der Waals surface area contributed by atoms with Gasteiger partial charge in [0.1, 0.15) is 18.1 Å². The van der Waals surface area contributed by atoms with Crippen LogP contribution in [0.15, 0.2) is 0 Å². The van der Waals surface area contributed by atoms with Crippen LogP contribution in [0.1, 0.15) is 59.8 Å². The van der Waals surface area contributed by atoms with Crippen molar-refractivity contribution >= 4 is 35.5 Å². The minimum atomic E-state index is -1.14. The largest absolute Gasteiger partial charge is 0.480 e. The zero-order chi connectivity index (χ0) is 25.6. The molecule has 33 heavy (non-hydrogen) atoms. The lowest BCUT2D eigenvalue weighted by atomic mass is 9.96. The van der Waals surface area contributed by atoms with Crippen molar-refractivity contribution in [2.45, 2.75) is 84.0 Å². The number of carbonyl (C=O) groups excluding carboxylic acids is 3. The third-order valence-electron chi connectivity index (χ3n) is 5.57. The molecule has 0 rings (SSSR count). The van der Waals surface area contributed by atoms with Crippen LogP contribution in [0.2, 0.25) is 0 Å². The van der Waals surface area contributed by atoms with Crippen molar-refractivity contribution in [2.24, 2.45) is 23.3 Å². The first-order valence-electron chi connectivity index (χ1n) is 11.6. The lowest BCUT2D eigenvalue weighted by Gasteiger charge is -2.28. The van der Waals surface area contributed by atoms with Crippen molar-refractivity contribution in [3.8, 4) is 0 Å². The number of aliphatic carboxylic acids is 1. The molecule has 0 saturated heterocycles. The zero-order valence-corrected chi connectivity index (χ0v) is 21.4. The van der Waals surface area contributed by atoms with Crippen molar-refractivity contribution in [1.82, 2.24) is 16.0 Å². The van der Waals surface area contributed by atoms with Gasteiger partial charge in [0.15, 0.2) is 0 Å². The molecule has 0 radical (unpaired) electrons. The molecule has 0 aliphatic heterocycles. The van der Waals surface area contributed by atoms with Crippen LogP contribution in [0.4, 0.5) is 0 Å². The fourth-order valence-electron chi connectivity index (χ4n) is 3.13. The van der Waals surface area contributed by atoms with E-state index in [1.165, 1.54) is 0 Å². The van der Waals surface area contributed by atoms with Crippen LogP contribution < -0.4 is 27.4 Å². The molecule has 0 spiro atoms. The minimum absolute atomic E-state index is 0.197. The first kappa shape index (κ1) is 31.1. The van der Waals surface area contributed by atoms with Crippen molar-refractivity contribution in [1.29, 1.82) is 0 Å². The molecular weight excluding hydrogens is 446 g/mol. The van der Waals surface area contributed by atoms with Crippen LogP contribution >= 0.6 is 11.8 Å². The molecular formula is C22H43N5O5S. The van der Waals surface area contributed by atoms with E-state index in [4.69, 9.17) is 11.5 Å². The zero-order valence-electron chi connectivity index (χ0n) is 20.6. The first-order valence-corrected chi connectivity index (χ1v) is 13.0. The number of hydrogen-bond acceptors (Lipinski definition) is 7. The van der Waals surface area contributed by atoms with E-state index >= 15 is 0 Å². The summed E-state index contributed by atoms with van der Waals surface area (Å²) in [6, 6.07) is -3.62. The lowest BCUT2D eigenvalue weighted by Crippen LogP contribution is -2.59. The molecule has 0 bridgehead atoms. The Kier molecular flexibility index (Phi) is 15.8. The topological polar surface area (TPSA) is 177 Å². The fourth-order valence-corrected chi connectivity index (χ4v) is 3.62. The highest BCUT2D eigenvalue weighted by molar-refractivity contribution is 7.98. The summed E-state index contributed by atoms with van der Waals surface area (Å²) in [7, 11) is 0. The SMILES string of the molecule is CCC(C)C(NC(=O)C(N)CCSC)C(=O)NC(CCCCN)C(=O)NC(C(=O)O)C(C)C. The van der Waals surface area contributed by atoms with E-state index in [0.29, 0.717) is 38.6 Å². The smallest absolute Gasteiger partial charge is 0.326 e. The number of thioether (sulfide) groups is 1. The Morgan fingerprint density at radius 1 is 0.909 bits per heavy atom. The summed E-state index contributed by atoms with van der Waals surface area (Å²) >= 11 is 1.58. The number of rotatable bonds is 17. The van der Waals surface area contributed by atoms with E-state index in [1.807, 2.05) is 20.1 Å². The molecule has 11 heteroatoms. The predicted octanol–water partition coefficient (Wildman–Crippen LogP) is 0.437. The Hall–Kier alpha value is -1.85. The number of amides is 3. The molecule has 0 fully saturated rings. The van der Waals surface area contributed by atoms with Gasteiger partial charge in [0.05, 0.1) is 6.04 Å². The Morgan fingerprint density at radius 3 is 2.00 bits per heavy atom. The molecule has 0 aromatic carbocycles. The second kappa shape index (κ2) is 16.7. The van der Waals surface area contributed by atoms with Gasteiger partial charge in [0.2, 0.25) is 17.7 Å². The van der Waals surface area contributed by atoms with E-state index < -0.39 is 47.9 Å². The number of carboxylic acids is 1. The molecule has 5 atom stereocenters. The molecule has 5 unspecified atom stereocenters. The maximum Gasteiger partial charge on any atom is 0.326 e. The van der Waals surface area contributed by atoms with E-state index in [9.17, 15) is 24.3 Å². The molecule has 192 valence electrons. The molecule has 0 aliphatic carbocycles. The summed E-state index contributed by atoms with van der Waals surface area (Å²) in [5.41, 5.74) is 11.5. The average molecular weight is 490 g/mol. The average Bonchev–Trinajstić information content (AvgIpc) is 2.77. The van der Waals surface area contributed by atoms with Crippen LogP contribution in [0.25, 0.3) is 0 Å². The Balaban J connectivity index is 5.50. The summed E-state index contributed by atoms with van der Waals surface area (Å²) in [5.74, 6) is -2.45. The highest BCUT2D eigenvalue weighted by Gasteiger charge is 2.32. The van der Waals surface area contributed by atoms with Crippen LogP contribution in [0, 0.1) is 11.8 Å². The fraction of sp³-hybridized carbons (Fsp3) is 0.818. The molecule has 10 nitrogen and oxygen atoms in total. The summed E-state index contributed by atoms with van der Waals surface area (Å²) in [6.45, 7) is 7.55. The van der Waals surface area contributed by atoms with Gasteiger partial charge in [-0.3, -0.25) is 14.4 Å². The molecule has 0 aromatic rings. The van der Waals surface area contributed by atoms with Crippen LogP contribution in [0.3, 0.4) is 0 Å². The lowest BCUT2D eigenvalue weighted by molar-refractivity contribution is -0.143. The summed E-state index contributed by atoms with van der Waals surface area (Å²) in [4.78, 5) is 50.0. The van der Waals surface area contributed by atoms with Gasteiger partial charge in [-0.1, -0.05) is 34.1 Å². The number of unbranched alkanes of at least 4 members (excludes halogenated alkanes) is 1. The van der Waals surface area contributed by atoms with Gasteiger partial charge in [-0.05, 0) is 56.1 Å². The van der Waals surface area contributed by atoms with Gasteiger partial charge in [0, 0.05) is 0 Å². The van der Waals surface area contributed by atoms with Gasteiger partial charge < -0.3 is 32.5 Å². The summed E-state index contributed by atoms with van der Waals surface area (Å²) < 4.78 is 0. The number of carbonyl (C=O) groups is 4. The maximum absolute atomic E-state index is 13.1. The van der Waals surface area contributed by atoms with Crippen LogP contribution in [-0.2, 0) is 19.2 Å². The molecule has 0 heterocycles. The molecule has 3 amide bonds. The Labute approximate surface area is 201 Å². The van der Waals surface area contributed by atoms with Crippen molar-refractivity contribution in [3.63, 3.8) is 0 Å². The number of nitrogens with two attached hydrogens (primary N) is 2. The monoisotopic (exact) mass is 489 g/mol. The van der Waals surface area contributed by atoms with Crippen LogP contribution in [0.5, 0.6) is 0 Å². The summed E-state index contributed by atoms with van der Waals surface area (Å²) in [6.07, 6.45) is 4.56. The summed E-state index contributed by atoms with van der Waals surface area (Å²) in [5, 5.41) is 17.4. The Bertz CT molecular complexity index is 634. The quantitative estimate of drug-likeness (QED) is 0.159.